The summed E-state index contributed by atoms with van der Waals surface area (Å²) in [5, 5.41) is 0. The van der Waals surface area contributed by atoms with Crippen LogP contribution in [0.4, 0.5) is 0 Å². The first-order valence-electron chi connectivity index (χ1n) is 3.04. The van der Waals surface area contributed by atoms with Gasteiger partial charge in [-0.05, 0) is 19.3 Å². The molecule has 1 amide bonds. The van der Waals surface area contributed by atoms with Crippen molar-refractivity contribution in [3.05, 3.63) is 19.1 Å². The zero-order chi connectivity index (χ0) is 7.98. The van der Waals surface area contributed by atoms with Gasteiger partial charge in [-0.15, -0.1) is 6.58 Å². The quantitative estimate of drug-likeness (QED) is 0.447. The van der Waals surface area contributed by atoms with Crippen molar-refractivity contribution in [3.63, 3.8) is 0 Å². The number of hydrogen-bond acceptors (Lipinski definition) is 1. The molecule has 0 heterocycles. The van der Waals surface area contributed by atoms with E-state index in [0.29, 0.717) is 12.8 Å². The molecule has 0 aliphatic heterocycles. The Bertz CT molecular complexity index is 167. The van der Waals surface area contributed by atoms with Gasteiger partial charge in [-0.25, -0.2) is 0 Å². The first kappa shape index (κ1) is 8.77. The number of nitrogens with two attached hydrogens (primary N) is 1. The lowest BCUT2D eigenvalue weighted by Gasteiger charge is -2.01. The van der Waals surface area contributed by atoms with Crippen LogP contribution in [0.25, 0.3) is 0 Å². The Morgan fingerprint density at radius 1 is 1.90 bits per heavy atom. The topological polar surface area (TPSA) is 43.1 Å². The van der Waals surface area contributed by atoms with Crippen molar-refractivity contribution >= 4 is 5.91 Å². The molecule has 0 saturated carbocycles. The van der Waals surface area contributed by atoms with Gasteiger partial charge in [0.2, 0.25) is 5.91 Å². The molecule has 2 N–H and O–H groups in total. The van der Waals surface area contributed by atoms with Crippen LogP contribution in [0, 0.1) is 18.3 Å². The molecule has 0 aromatic carbocycles. The van der Waals surface area contributed by atoms with E-state index in [1.54, 1.807) is 6.08 Å². The molecular formula is C8H10NO. The van der Waals surface area contributed by atoms with E-state index in [4.69, 9.17) is 12.2 Å². The second kappa shape index (κ2) is 4.63. The zero-order valence-electron chi connectivity index (χ0n) is 5.76. The van der Waals surface area contributed by atoms with Gasteiger partial charge < -0.3 is 5.73 Å². The predicted octanol–water partition coefficient (Wildman–Crippen LogP) is 0.644. The molecule has 1 atom stereocenters. The smallest absolute Gasteiger partial charge is 0.232 e. The lowest BCUT2D eigenvalue weighted by molar-refractivity contribution is -0.120. The fourth-order valence-corrected chi connectivity index (χ4v) is 0.570. The molecule has 2 heteroatoms. The Kier molecular flexibility index (Phi) is 4.06. The summed E-state index contributed by atoms with van der Waals surface area (Å²) in [5.74, 6) is 1.03. The SMILES string of the molecule is [C]#CC(CCC=C)C(N)=O. The van der Waals surface area contributed by atoms with Crippen molar-refractivity contribution in [1.29, 1.82) is 0 Å². The van der Waals surface area contributed by atoms with Crippen LogP contribution in [0.3, 0.4) is 0 Å². The highest BCUT2D eigenvalue weighted by Gasteiger charge is 2.09. The number of amides is 1. The summed E-state index contributed by atoms with van der Waals surface area (Å²) in [6.45, 7) is 3.49. The molecule has 1 unspecified atom stereocenters. The molecule has 0 aromatic heterocycles. The predicted molar refractivity (Wildman–Crippen MR) is 39.2 cm³/mol. The van der Waals surface area contributed by atoms with Gasteiger partial charge in [0.05, 0.1) is 0 Å². The van der Waals surface area contributed by atoms with Crippen LogP contribution in [-0.4, -0.2) is 5.91 Å². The second-order valence-electron chi connectivity index (χ2n) is 1.97. The number of allylic oxidation sites excluding steroid dienone is 1. The molecule has 0 spiro atoms. The number of rotatable bonds is 4. The minimum atomic E-state index is -0.544. The Morgan fingerprint density at radius 3 is 2.80 bits per heavy atom. The van der Waals surface area contributed by atoms with E-state index < -0.39 is 11.8 Å². The Labute approximate surface area is 61.1 Å². The van der Waals surface area contributed by atoms with E-state index in [0.717, 1.165) is 0 Å². The fourth-order valence-electron chi connectivity index (χ4n) is 0.570. The molecule has 0 rings (SSSR count). The van der Waals surface area contributed by atoms with E-state index in [-0.39, 0.29) is 0 Å². The van der Waals surface area contributed by atoms with Crippen molar-refractivity contribution in [3.8, 4) is 5.92 Å². The van der Waals surface area contributed by atoms with Gasteiger partial charge in [-0.2, -0.15) is 0 Å². The van der Waals surface area contributed by atoms with E-state index in [1.807, 2.05) is 0 Å². The fraction of sp³-hybridized carbons (Fsp3) is 0.375. The third-order valence-electron chi connectivity index (χ3n) is 1.18. The van der Waals surface area contributed by atoms with Crippen molar-refractivity contribution < 1.29 is 4.79 Å². The Morgan fingerprint density at radius 2 is 2.50 bits per heavy atom. The highest BCUT2D eigenvalue weighted by Crippen LogP contribution is 2.03. The van der Waals surface area contributed by atoms with Crippen LogP contribution >= 0.6 is 0 Å². The summed E-state index contributed by atoms with van der Waals surface area (Å²) < 4.78 is 0. The summed E-state index contributed by atoms with van der Waals surface area (Å²) in [4.78, 5) is 10.4. The number of primary amides is 1. The molecule has 0 saturated heterocycles. The molecule has 0 aliphatic rings. The summed E-state index contributed by atoms with van der Waals surface area (Å²) in [7, 11) is 0. The second-order valence-corrected chi connectivity index (χ2v) is 1.97. The van der Waals surface area contributed by atoms with Crippen LogP contribution in [0.1, 0.15) is 12.8 Å². The standard InChI is InChI=1S/C8H10NO/c1-3-5-6-7(4-2)8(9)10/h3,7H,1,5-6H2,(H2,9,10). The first-order chi connectivity index (χ1) is 4.72. The average molecular weight is 136 g/mol. The minimum Gasteiger partial charge on any atom is -0.369 e. The van der Waals surface area contributed by atoms with Crippen LogP contribution in [-0.2, 0) is 4.79 Å². The van der Waals surface area contributed by atoms with Crippen molar-refractivity contribution in [2.75, 3.05) is 0 Å². The molecule has 0 fully saturated rings. The Balaban J connectivity index is 3.75. The van der Waals surface area contributed by atoms with E-state index in [2.05, 4.69) is 12.5 Å². The van der Waals surface area contributed by atoms with Gasteiger partial charge in [0.15, 0.2) is 0 Å². The van der Waals surface area contributed by atoms with Crippen molar-refractivity contribution in [2.45, 2.75) is 12.8 Å². The third-order valence-corrected chi connectivity index (χ3v) is 1.18. The number of carbonyl (C=O) groups is 1. The summed E-state index contributed by atoms with van der Waals surface area (Å²) >= 11 is 0. The Hall–Kier alpha value is -1.23. The monoisotopic (exact) mass is 136 g/mol. The maximum absolute atomic E-state index is 10.4. The van der Waals surface area contributed by atoms with E-state index in [1.165, 1.54) is 0 Å². The number of carbonyl (C=O) groups excluding carboxylic acids is 1. The van der Waals surface area contributed by atoms with Crippen molar-refractivity contribution in [2.24, 2.45) is 11.7 Å². The highest BCUT2D eigenvalue weighted by atomic mass is 16.1. The molecule has 53 valence electrons. The van der Waals surface area contributed by atoms with E-state index >= 15 is 0 Å². The van der Waals surface area contributed by atoms with Crippen LogP contribution in [0.15, 0.2) is 12.7 Å². The largest absolute Gasteiger partial charge is 0.369 e. The molecule has 2 nitrogen and oxygen atoms in total. The zero-order valence-corrected chi connectivity index (χ0v) is 5.76. The number of hydrogen-bond donors (Lipinski definition) is 1. The molecule has 1 radical (unpaired) electrons. The average Bonchev–Trinajstić information content (AvgIpc) is 1.89. The van der Waals surface area contributed by atoms with Crippen LogP contribution in [0.5, 0.6) is 0 Å². The maximum atomic E-state index is 10.4. The summed E-state index contributed by atoms with van der Waals surface area (Å²) in [5.41, 5.74) is 4.93. The normalized spacial score (nSPS) is 11.5. The molecule has 10 heavy (non-hydrogen) atoms. The third kappa shape index (κ3) is 2.93. The van der Waals surface area contributed by atoms with Gasteiger partial charge in [-0.3, -0.25) is 4.79 Å². The lowest BCUT2D eigenvalue weighted by atomic mass is 10.0. The van der Waals surface area contributed by atoms with Gasteiger partial charge in [0.25, 0.3) is 0 Å². The van der Waals surface area contributed by atoms with Crippen LogP contribution in [0.2, 0.25) is 0 Å². The van der Waals surface area contributed by atoms with Gasteiger partial charge in [-0.1, -0.05) is 12.0 Å². The first-order valence-corrected chi connectivity index (χ1v) is 3.04. The van der Waals surface area contributed by atoms with E-state index in [9.17, 15) is 4.79 Å². The van der Waals surface area contributed by atoms with Gasteiger partial charge in [0, 0.05) is 0 Å². The summed E-state index contributed by atoms with van der Waals surface area (Å²) in [6, 6.07) is 0. The highest BCUT2D eigenvalue weighted by molar-refractivity contribution is 5.79. The van der Waals surface area contributed by atoms with Crippen molar-refractivity contribution in [1.82, 2.24) is 0 Å². The van der Waals surface area contributed by atoms with Crippen LogP contribution < -0.4 is 5.73 Å². The molecule has 0 bridgehead atoms. The molecular weight excluding hydrogens is 126 g/mol. The maximum Gasteiger partial charge on any atom is 0.232 e. The van der Waals surface area contributed by atoms with Gasteiger partial charge >= 0.3 is 0 Å². The van der Waals surface area contributed by atoms with Gasteiger partial charge in [0.1, 0.15) is 5.92 Å². The molecule has 0 aliphatic carbocycles. The lowest BCUT2D eigenvalue weighted by Crippen LogP contribution is -2.21. The molecule has 0 aromatic rings. The minimum absolute atomic E-state index is 0.489. The summed E-state index contributed by atoms with van der Waals surface area (Å²) in [6.07, 6.45) is 9.61.